The van der Waals surface area contributed by atoms with Gasteiger partial charge in [0.15, 0.2) is 0 Å². The Morgan fingerprint density at radius 1 is 1.26 bits per heavy atom. The Kier molecular flexibility index (Phi) is 6.89. The molecule has 0 saturated carbocycles. The van der Waals surface area contributed by atoms with Crippen molar-refractivity contribution in [3.8, 4) is 5.75 Å². The molecule has 148 valence electrons. The van der Waals surface area contributed by atoms with E-state index in [1.54, 1.807) is 4.90 Å². The van der Waals surface area contributed by atoms with Crippen LogP contribution in [0, 0.1) is 0 Å². The van der Waals surface area contributed by atoms with Gasteiger partial charge >= 0.3 is 6.03 Å². The van der Waals surface area contributed by atoms with Gasteiger partial charge in [-0.15, -0.1) is 0 Å². The number of anilines is 1. The topological polar surface area (TPSA) is 83.1 Å². The molecule has 1 aromatic carbocycles. The minimum Gasteiger partial charge on any atom is -0.494 e. The number of urea groups is 1. The first-order chi connectivity index (χ1) is 13.2. The zero-order valence-electron chi connectivity index (χ0n) is 15.8. The lowest BCUT2D eigenvalue weighted by Gasteiger charge is -2.26. The van der Waals surface area contributed by atoms with Crippen molar-refractivity contribution >= 4 is 17.6 Å². The van der Waals surface area contributed by atoms with Gasteiger partial charge in [0.2, 0.25) is 5.91 Å². The van der Waals surface area contributed by atoms with Gasteiger partial charge < -0.3 is 25.0 Å². The van der Waals surface area contributed by atoms with Crippen molar-refractivity contribution in [3.63, 3.8) is 0 Å². The smallest absolute Gasteiger partial charge is 0.315 e. The van der Waals surface area contributed by atoms with Crippen molar-refractivity contribution < 1.29 is 19.1 Å². The predicted molar refractivity (Wildman–Crippen MR) is 102 cm³/mol. The van der Waals surface area contributed by atoms with Crippen LogP contribution in [0.1, 0.15) is 13.3 Å². The summed E-state index contributed by atoms with van der Waals surface area (Å²) in [7, 11) is 0. The number of carbonyl (C=O) groups excluding carboxylic acids is 2. The van der Waals surface area contributed by atoms with Crippen LogP contribution in [-0.2, 0) is 9.53 Å². The molecular formula is C19H28N4O4. The molecule has 2 aliphatic rings. The molecule has 27 heavy (non-hydrogen) atoms. The minimum absolute atomic E-state index is 0.0118. The van der Waals surface area contributed by atoms with E-state index in [4.69, 9.17) is 9.47 Å². The summed E-state index contributed by atoms with van der Waals surface area (Å²) in [4.78, 5) is 28.4. The van der Waals surface area contributed by atoms with E-state index in [1.165, 1.54) is 0 Å². The molecule has 2 fully saturated rings. The Balaban J connectivity index is 1.42. The Morgan fingerprint density at radius 3 is 2.70 bits per heavy atom. The number of rotatable bonds is 7. The molecule has 3 amide bonds. The van der Waals surface area contributed by atoms with Crippen molar-refractivity contribution in [1.82, 2.24) is 15.5 Å². The third kappa shape index (κ3) is 5.58. The van der Waals surface area contributed by atoms with Gasteiger partial charge in [0, 0.05) is 44.8 Å². The fourth-order valence-electron chi connectivity index (χ4n) is 3.33. The molecule has 0 spiro atoms. The minimum atomic E-state index is -0.227. The molecule has 0 unspecified atom stereocenters. The van der Waals surface area contributed by atoms with Gasteiger partial charge in [-0.1, -0.05) is 0 Å². The van der Waals surface area contributed by atoms with Crippen LogP contribution in [0.15, 0.2) is 24.3 Å². The summed E-state index contributed by atoms with van der Waals surface area (Å²) in [6.07, 6.45) is 0.310. The number of amides is 3. The highest BCUT2D eigenvalue weighted by Gasteiger charge is 2.31. The first-order valence-corrected chi connectivity index (χ1v) is 9.53. The van der Waals surface area contributed by atoms with E-state index in [0.29, 0.717) is 26.1 Å². The Bertz CT molecular complexity index is 631. The van der Waals surface area contributed by atoms with Crippen LogP contribution >= 0.6 is 0 Å². The van der Waals surface area contributed by atoms with Gasteiger partial charge in [0.25, 0.3) is 0 Å². The highest BCUT2D eigenvalue weighted by atomic mass is 16.5. The van der Waals surface area contributed by atoms with Gasteiger partial charge in [-0.25, -0.2) is 4.79 Å². The summed E-state index contributed by atoms with van der Waals surface area (Å²) in [6, 6.07) is 7.03. The van der Waals surface area contributed by atoms with Gasteiger partial charge in [0.1, 0.15) is 5.75 Å². The number of ether oxygens (including phenoxy) is 2. The third-order valence-corrected chi connectivity index (χ3v) is 4.74. The van der Waals surface area contributed by atoms with E-state index in [9.17, 15) is 9.59 Å². The molecule has 2 saturated heterocycles. The number of benzene rings is 1. The molecule has 2 heterocycles. The lowest BCUT2D eigenvalue weighted by Crippen LogP contribution is -2.46. The van der Waals surface area contributed by atoms with Crippen LogP contribution in [-0.4, -0.2) is 75.4 Å². The first kappa shape index (κ1) is 19.4. The lowest BCUT2D eigenvalue weighted by molar-refractivity contribution is -0.117. The second-order valence-corrected chi connectivity index (χ2v) is 6.69. The maximum Gasteiger partial charge on any atom is 0.315 e. The number of hydrogen-bond donors (Lipinski definition) is 2. The normalized spacial score (nSPS) is 20.6. The number of hydrogen-bond acceptors (Lipinski definition) is 5. The first-order valence-electron chi connectivity index (χ1n) is 9.53. The predicted octanol–water partition coefficient (Wildman–Crippen LogP) is 0.822. The molecular weight excluding hydrogens is 348 g/mol. The number of nitrogens with zero attached hydrogens (tertiary/aromatic N) is 2. The van der Waals surface area contributed by atoms with Crippen molar-refractivity contribution in [1.29, 1.82) is 0 Å². The highest BCUT2D eigenvalue weighted by molar-refractivity contribution is 5.96. The largest absolute Gasteiger partial charge is 0.494 e. The molecule has 3 rings (SSSR count). The molecule has 2 N–H and O–H groups in total. The van der Waals surface area contributed by atoms with Crippen LogP contribution in [0.4, 0.5) is 10.5 Å². The monoisotopic (exact) mass is 376 g/mol. The zero-order chi connectivity index (χ0) is 19.1. The van der Waals surface area contributed by atoms with Crippen LogP contribution < -0.4 is 20.3 Å². The lowest BCUT2D eigenvalue weighted by atomic mass is 10.2. The summed E-state index contributed by atoms with van der Waals surface area (Å²) < 4.78 is 10.7. The van der Waals surface area contributed by atoms with Crippen LogP contribution in [0.2, 0.25) is 0 Å². The fraction of sp³-hybridized carbons (Fsp3) is 0.579. The number of carbonyl (C=O) groups is 2. The second kappa shape index (κ2) is 9.57. The van der Waals surface area contributed by atoms with Gasteiger partial charge in [0.05, 0.1) is 25.9 Å². The van der Waals surface area contributed by atoms with Crippen molar-refractivity contribution in [3.05, 3.63) is 24.3 Å². The average Bonchev–Trinajstić information content (AvgIpc) is 3.03. The molecule has 8 nitrogen and oxygen atoms in total. The maximum atomic E-state index is 12.3. The van der Waals surface area contributed by atoms with Crippen molar-refractivity contribution in [2.45, 2.75) is 19.4 Å². The summed E-state index contributed by atoms with van der Waals surface area (Å²) in [5.74, 6) is 0.792. The molecule has 1 aromatic rings. The number of morpholine rings is 1. The molecule has 0 bridgehead atoms. The Morgan fingerprint density at radius 2 is 2.00 bits per heavy atom. The van der Waals surface area contributed by atoms with Crippen LogP contribution in [0.25, 0.3) is 0 Å². The SMILES string of the molecule is CCOc1ccc(N2C[C@H](NC(=O)NCCN3CCOCC3)CC2=O)cc1. The van der Waals surface area contributed by atoms with Gasteiger partial charge in [-0.2, -0.15) is 0 Å². The molecule has 0 aromatic heterocycles. The average molecular weight is 376 g/mol. The fourth-order valence-corrected chi connectivity index (χ4v) is 3.33. The maximum absolute atomic E-state index is 12.3. The van der Waals surface area contributed by atoms with Crippen LogP contribution in [0.3, 0.4) is 0 Å². The Labute approximate surface area is 159 Å². The Hall–Kier alpha value is -2.32. The van der Waals surface area contributed by atoms with E-state index in [1.807, 2.05) is 31.2 Å². The summed E-state index contributed by atoms with van der Waals surface area (Å²) in [5, 5.41) is 5.77. The van der Waals surface area contributed by atoms with Crippen molar-refractivity contribution in [2.24, 2.45) is 0 Å². The quantitative estimate of drug-likeness (QED) is 0.736. The standard InChI is InChI=1S/C19H28N4O4/c1-2-27-17-5-3-16(4-6-17)23-14-15(13-18(23)24)21-19(25)20-7-8-22-9-11-26-12-10-22/h3-6,15H,2,7-14H2,1H3,(H2,20,21,25)/t15-/m1/s1. The molecule has 0 radical (unpaired) electrons. The molecule has 1 atom stereocenters. The summed E-state index contributed by atoms with van der Waals surface area (Å²) in [6.45, 7) is 7.69. The zero-order valence-corrected chi connectivity index (χ0v) is 15.8. The van der Waals surface area contributed by atoms with Crippen molar-refractivity contribution in [2.75, 3.05) is 57.4 Å². The molecule has 0 aliphatic carbocycles. The third-order valence-electron chi connectivity index (χ3n) is 4.74. The van der Waals surface area contributed by atoms with E-state index < -0.39 is 0 Å². The number of nitrogens with one attached hydrogen (secondary N) is 2. The van der Waals surface area contributed by atoms with E-state index in [2.05, 4.69) is 15.5 Å². The summed E-state index contributed by atoms with van der Waals surface area (Å²) >= 11 is 0. The van der Waals surface area contributed by atoms with E-state index >= 15 is 0 Å². The van der Waals surface area contributed by atoms with Gasteiger partial charge in [-0.05, 0) is 31.2 Å². The molecule has 8 heteroatoms. The van der Waals surface area contributed by atoms with E-state index in [-0.39, 0.29) is 18.0 Å². The summed E-state index contributed by atoms with van der Waals surface area (Å²) in [5.41, 5.74) is 0.820. The second-order valence-electron chi connectivity index (χ2n) is 6.69. The van der Waals surface area contributed by atoms with E-state index in [0.717, 1.165) is 44.3 Å². The highest BCUT2D eigenvalue weighted by Crippen LogP contribution is 2.24. The van der Waals surface area contributed by atoms with Crippen LogP contribution in [0.5, 0.6) is 5.75 Å². The van der Waals surface area contributed by atoms with Gasteiger partial charge in [-0.3, -0.25) is 9.69 Å². The molecule has 2 aliphatic heterocycles.